The molecule has 0 bridgehead atoms. The van der Waals surface area contributed by atoms with Gasteiger partial charge in [0.1, 0.15) is 11.3 Å². The van der Waals surface area contributed by atoms with Crippen molar-refractivity contribution in [3.05, 3.63) is 72.0 Å². The summed E-state index contributed by atoms with van der Waals surface area (Å²) in [6.07, 6.45) is 3.28. The lowest BCUT2D eigenvalue weighted by Crippen LogP contribution is -1.92. The van der Waals surface area contributed by atoms with Gasteiger partial charge in [-0.15, -0.1) is 0 Å². The maximum atomic E-state index is 12.2. The fraction of sp³-hybridized carbons (Fsp3) is 0.105. The van der Waals surface area contributed by atoms with Crippen LogP contribution in [-0.4, -0.2) is 12.4 Å². The van der Waals surface area contributed by atoms with Crippen LogP contribution in [0, 0.1) is 0 Å². The molecule has 1 heterocycles. The maximum absolute atomic E-state index is 12.2. The third-order valence-electron chi connectivity index (χ3n) is 3.26. The van der Waals surface area contributed by atoms with Gasteiger partial charge in [-0.1, -0.05) is 36.4 Å². The van der Waals surface area contributed by atoms with Crippen molar-refractivity contribution < 1.29 is 13.9 Å². The topological polar surface area (TPSA) is 39.4 Å². The molecular formula is C19H16O3. The minimum absolute atomic E-state index is 0.155. The van der Waals surface area contributed by atoms with Crippen LogP contribution in [0.15, 0.2) is 65.1 Å². The molecule has 3 rings (SSSR count). The second kappa shape index (κ2) is 6.31. The van der Waals surface area contributed by atoms with E-state index in [1.54, 1.807) is 12.1 Å². The van der Waals surface area contributed by atoms with Gasteiger partial charge >= 0.3 is 0 Å². The average Bonchev–Trinajstić information content (AvgIpc) is 2.97. The number of hydrogen-bond acceptors (Lipinski definition) is 3. The summed E-state index contributed by atoms with van der Waals surface area (Å²) in [5, 5.41) is 0.928. The van der Waals surface area contributed by atoms with Gasteiger partial charge in [0, 0.05) is 5.39 Å². The summed E-state index contributed by atoms with van der Waals surface area (Å²) >= 11 is 0. The number of carbonyl (C=O) groups is 1. The molecule has 0 aliphatic carbocycles. The third kappa shape index (κ3) is 3.09. The molecule has 0 unspecified atom stereocenters. The second-order valence-electron chi connectivity index (χ2n) is 4.85. The van der Waals surface area contributed by atoms with Crippen molar-refractivity contribution in [1.82, 2.24) is 0 Å². The van der Waals surface area contributed by atoms with E-state index in [1.807, 2.05) is 55.5 Å². The molecule has 0 saturated carbocycles. The van der Waals surface area contributed by atoms with Crippen LogP contribution < -0.4 is 4.74 Å². The number of hydrogen-bond donors (Lipinski definition) is 0. The molecule has 3 nitrogen and oxygen atoms in total. The normalized spacial score (nSPS) is 11.1. The van der Waals surface area contributed by atoms with Gasteiger partial charge in [0.15, 0.2) is 5.76 Å². The third-order valence-corrected chi connectivity index (χ3v) is 3.26. The Labute approximate surface area is 128 Å². The van der Waals surface area contributed by atoms with E-state index < -0.39 is 0 Å². The highest BCUT2D eigenvalue weighted by Crippen LogP contribution is 2.20. The molecule has 0 radical (unpaired) electrons. The van der Waals surface area contributed by atoms with Gasteiger partial charge in [-0.2, -0.15) is 0 Å². The van der Waals surface area contributed by atoms with Crippen molar-refractivity contribution in [2.24, 2.45) is 0 Å². The Morgan fingerprint density at radius 3 is 2.82 bits per heavy atom. The number of ketones is 1. The van der Waals surface area contributed by atoms with E-state index in [1.165, 1.54) is 6.08 Å². The van der Waals surface area contributed by atoms with Gasteiger partial charge < -0.3 is 9.15 Å². The van der Waals surface area contributed by atoms with Crippen LogP contribution in [0.4, 0.5) is 0 Å². The summed E-state index contributed by atoms with van der Waals surface area (Å²) in [7, 11) is 0. The summed E-state index contributed by atoms with van der Waals surface area (Å²) in [6.45, 7) is 2.55. The van der Waals surface area contributed by atoms with Gasteiger partial charge in [0.25, 0.3) is 0 Å². The van der Waals surface area contributed by atoms with E-state index in [0.29, 0.717) is 12.4 Å². The fourth-order valence-corrected chi connectivity index (χ4v) is 2.23. The van der Waals surface area contributed by atoms with Crippen LogP contribution >= 0.6 is 0 Å². The Hall–Kier alpha value is -2.81. The molecule has 0 saturated heterocycles. The van der Waals surface area contributed by atoms with Crippen LogP contribution in [0.3, 0.4) is 0 Å². The van der Waals surface area contributed by atoms with E-state index >= 15 is 0 Å². The van der Waals surface area contributed by atoms with Gasteiger partial charge in [-0.3, -0.25) is 4.79 Å². The molecule has 1 aromatic heterocycles. The zero-order valence-electron chi connectivity index (χ0n) is 12.3. The molecule has 0 aliphatic rings. The van der Waals surface area contributed by atoms with Gasteiger partial charge in [0.05, 0.1) is 6.61 Å². The van der Waals surface area contributed by atoms with E-state index in [4.69, 9.17) is 9.15 Å². The number of benzene rings is 2. The lowest BCUT2D eigenvalue weighted by molar-refractivity contribution is 0.102. The van der Waals surface area contributed by atoms with Crippen molar-refractivity contribution in [2.75, 3.05) is 6.61 Å². The van der Waals surface area contributed by atoms with Crippen LogP contribution in [0.25, 0.3) is 17.0 Å². The fourth-order valence-electron chi connectivity index (χ4n) is 2.23. The minimum Gasteiger partial charge on any atom is -0.494 e. The first-order valence-corrected chi connectivity index (χ1v) is 7.20. The van der Waals surface area contributed by atoms with Crippen molar-refractivity contribution in [1.29, 1.82) is 0 Å². The predicted molar refractivity (Wildman–Crippen MR) is 87.2 cm³/mol. The molecule has 0 amide bonds. The Morgan fingerprint density at radius 2 is 2.00 bits per heavy atom. The molecular weight excluding hydrogens is 276 g/mol. The molecule has 0 fully saturated rings. The van der Waals surface area contributed by atoms with E-state index in [9.17, 15) is 4.79 Å². The number of furan rings is 1. The number of para-hydroxylation sites is 1. The SMILES string of the molecule is CCOc1cccc(/C=C/C(=O)c2cc3ccccc3o2)c1. The molecule has 0 N–H and O–H groups in total. The quantitative estimate of drug-likeness (QED) is 0.504. The smallest absolute Gasteiger partial charge is 0.221 e. The van der Waals surface area contributed by atoms with Crippen LogP contribution in [0.2, 0.25) is 0 Å². The highest BCUT2D eigenvalue weighted by molar-refractivity contribution is 6.06. The summed E-state index contributed by atoms with van der Waals surface area (Å²) in [6, 6.07) is 16.9. The number of fused-ring (bicyclic) bond motifs is 1. The predicted octanol–water partition coefficient (Wildman–Crippen LogP) is 4.73. The number of allylic oxidation sites excluding steroid dienone is 1. The highest BCUT2D eigenvalue weighted by atomic mass is 16.5. The van der Waals surface area contributed by atoms with Gasteiger partial charge in [-0.05, 0) is 42.8 Å². The highest BCUT2D eigenvalue weighted by Gasteiger charge is 2.08. The van der Waals surface area contributed by atoms with Crippen molar-refractivity contribution >= 4 is 22.8 Å². The molecule has 22 heavy (non-hydrogen) atoms. The van der Waals surface area contributed by atoms with E-state index in [-0.39, 0.29) is 5.78 Å². The molecule has 0 atom stereocenters. The first-order chi connectivity index (χ1) is 10.8. The lowest BCUT2D eigenvalue weighted by atomic mass is 10.1. The lowest BCUT2D eigenvalue weighted by Gasteiger charge is -2.02. The Balaban J connectivity index is 1.79. The number of carbonyl (C=O) groups excluding carboxylic acids is 1. The van der Waals surface area contributed by atoms with E-state index in [2.05, 4.69) is 0 Å². The summed E-state index contributed by atoms with van der Waals surface area (Å²) < 4.78 is 11.0. The summed E-state index contributed by atoms with van der Waals surface area (Å²) in [5.41, 5.74) is 1.63. The standard InChI is InChI=1S/C19H16O3/c1-2-21-16-8-5-6-14(12-16)10-11-17(20)19-13-15-7-3-4-9-18(15)22-19/h3-13H,2H2,1H3/b11-10+. The Morgan fingerprint density at radius 1 is 1.14 bits per heavy atom. The zero-order valence-corrected chi connectivity index (χ0v) is 12.3. The summed E-state index contributed by atoms with van der Waals surface area (Å²) in [5.74, 6) is 0.984. The van der Waals surface area contributed by atoms with Crippen LogP contribution in [-0.2, 0) is 0 Å². The number of rotatable bonds is 5. The molecule has 3 aromatic rings. The summed E-state index contributed by atoms with van der Waals surface area (Å²) in [4.78, 5) is 12.2. The molecule has 3 heteroatoms. The maximum Gasteiger partial charge on any atom is 0.221 e. The van der Waals surface area contributed by atoms with Crippen LogP contribution in [0.5, 0.6) is 5.75 Å². The molecule has 2 aromatic carbocycles. The molecule has 110 valence electrons. The Bertz CT molecular complexity index is 794. The Kier molecular flexibility index (Phi) is 4.05. The first-order valence-electron chi connectivity index (χ1n) is 7.20. The minimum atomic E-state index is -0.155. The van der Waals surface area contributed by atoms with Crippen molar-refractivity contribution in [3.63, 3.8) is 0 Å². The largest absolute Gasteiger partial charge is 0.494 e. The zero-order chi connectivity index (χ0) is 15.4. The van der Waals surface area contributed by atoms with Crippen LogP contribution in [0.1, 0.15) is 23.0 Å². The molecule has 0 spiro atoms. The first kappa shape index (κ1) is 14.1. The van der Waals surface area contributed by atoms with Gasteiger partial charge in [-0.25, -0.2) is 0 Å². The molecule has 0 aliphatic heterocycles. The average molecular weight is 292 g/mol. The second-order valence-corrected chi connectivity index (χ2v) is 4.85. The van der Waals surface area contributed by atoms with Gasteiger partial charge in [0.2, 0.25) is 5.78 Å². The van der Waals surface area contributed by atoms with E-state index in [0.717, 1.165) is 22.3 Å². The van der Waals surface area contributed by atoms with Crippen molar-refractivity contribution in [2.45, 2.75) is 6.92 Å². The monoisotopic (exact) mass is 292 g/mol. The van der Waals surface area contributed by atoms with Crippen molar-refractivity contribution in [3.8, 4) is 5.75 Å². The number of ether oxygens (including phenoxy) is 1.